The zero-order valence-electron chi connectivity index (χ0n) is 8.08. The van der Waals surface area contributed by atoms with Crippen LogP contribution in [-0.4, -0.2) is 29.1 Å². The monoisotopic (exact) mass is 200 g/mol. The molecule has 0 atom stereocenters. The number of aliphatic carboxylic acids is 1. The number of hydrogen-bond acceptors (Lipinski definition) is 3. The molecular weight excluding hydrogens is 184 g/mol. The third-order valence-electron chi connectivity index (χ3n) is 2.68. The number of carbonyl (C=O) groups excluding carboxylic acids is 1. The molecule has 1 amide bonds. The summed E-state index contributed by atoms with van der Waals surface area (Å²) in [6.45, 7) is -0.158. The molecule has 0 aliphatic heterocycles. The van der Waals surface area contributed by atoms with Gasteiger partial charge in [-0.3, -0.25) is 4.79 Å². The number of carboxylic acids is 1. The van der Waals surface area contributed by atoms with Crippen molar-refractivity contribution >= 4 is 11.9 Å². The van der Waals surface area contributed by atoms with Crippen LogP contribution in [0.4, 0.5) is 0 Å². The Morgan fingerprint density at radius 2 is 1.86 bits per heavy atom. The van der Waals surface area contributed by atoms with Crippen molar-refractivity contribution in [2.24, 2.45) is 5.73 Å². The molecule has 0 bridgehead atoms. The number of nitrogens with one attached hydrogen (secondary N) is 1. The fourth-order valence-corrected chi connectivity index (χ4v) is 1.87. The lowest BCUT2D eigenvalue weighted by atomic mass is 9.81. The Morgan fingerprint density at radius 3 is 2.29 bits per heavy atom. The summed E-state index contributed by atoms with van der Waals surface area (Å²) in [5.41, 5.74) is 4.08. The number of carboxylic acid groups (broad SMARTS) is 1. The van der Waals surface area contributed by atoms with E-state index in [1.165, 1.54) is 0 Å². The molecule has 1 rings (SSSR count). The minimum Gasteiger partial charge on any atom is -0.480 e. The second-order valence-corrected chi connectivity index (χ2v) is 3.70. The van der Waals surface area contributed by atoms with Crippen LogP contribution in [0.1, 0.15) is 32.1 Å². The summed E-state index contributed by atoms with van der Waals surface area (Å²) in [7, 11) is 0. The molecule has 1 aliphatic rings. The van der Waals surface area contributed by atoms with E-state index in [1.807, 2.05) is 0 Å². The molecule has 0 aromatic rings. The average molecular weight is 200 g/mol. The van der Waals surface area contributed by atoms with E-state index in [4.69, 9.17) is 10.8 Å². The molecule has 0 unspecified atom stereocenters. The average Bonchev–Trinajstić information content (AvgIpc) is 2.19. The molecule has 1 saturated carbocycles. The Bertz CT molecular complexity index is 234. The van der Waals surface area contributed by atoms with Crippen LogP contribution < -0.4 is 11.1 Å². The Kier molecular flexibility index (Phi) is 3.46. The van der Waals surface area contributed by atoms with Crippen LogP contribution in [0.15, 0.2) is 0 Å². The van der Waals surface area contributed by atoms with E-state index in [9.17, 15) is 9.59 Å². The first-order chi connectivity index (χ1) is 6.60. The first-order valence-electron chi connectivity index (χ1n) is 4.85. The SMILES string of the molecule is NCC(=O)NC1(C(=O)O)CCCCC1. The third kappa shape index (κ3) is 2.23. The predicted molar refractivity (Wildman–Crippen MR) is 50.6 cm³/mol. The third-order valence-corrected chi connectivity index (χ3v) is 2.68. The lowest BCUT2D eigenvalue weighted by Gasteiger charge is -2.33. The molecule has 0 aromatic heterocycles. The van der Waals surface area contributed by atoms with Crippen molar-refractivity contribution in [2.75, 3.05) is 6.54 Å². The molecular formula is C9H16N2O3. The number of hydrogen-bond donors (Lipinski definition) is 3. The van der Waals surface area contributed by atoms with Gasteiger partial charge in [0, 0.05) is 0 Å². The highest BCUT2D eigenvalue weighted by Crippen LogP contribution is 2.28. The van der Waals surface area contributed by atoms with Crippen LogP contribution in [0.2, 0.25) is 0 Å². The summed E-state index contributed by atoms with van der Waals surface area (Å²) in [4.78, 5) is 22.2. The maximum absolute atomic E-state index is 11.1. The molecule has 4 N–H and O–H groups in total. The highest BCUT2D eigenvalue weighted by molar-refractivity contribution is 5.87. The van der Waals surface area contributed by atoms with Crippen molar-refractivity contribution < 1.29 is 14.7 Å². The Hall–Kier alpha value is -1.10. The largest absolute Gasteiger partial charge is 0.480 e. The van der Waals surface area contributed by atoms with Gasteiger partial charge in [0.25, 0.3) is 0 Å². The smallest absolute Gasteiger partial charge is 0.329 e. The van der Waals surface area contributed by atoms with E-state index >= 15 is 0 Å². The Labute approximate surface area is 82.7 Å². The number of carbonyl (C=O) groups is 2. The summed E-state index contributed by atoms with van der Waals surface area (Å²) < 4.78 is 0. The maximum Gasteiger partial charge on any atom is 0.329 e. The summed E-state index contributed by atoms with van der Waals surface area (Å²) in [6, 6.07) is 0. The van der Waals surface area contributed by atoms with Crippen molar-refractivity contribution in [1.82, 2.24) is 5.32 Å². The van der Waals surface area contributed by atoms with E-state index in [-0.39, 0.29) is 6.54 Å². The first-order valence-corrected chi connectivity index (χ1v) is 4.85. The number of nitrogens with two attached hydrogens (primary N) is 1. The van der Waals surface area contributed by atoms with Gasteiger partial charge in [-0.1, -0.05) is 19.3 Å². The Balaban J connectivity index is 2.70. The topological polar surface area (TPSA) is 92.4 Å². The molecule has 1 aliphatic carbocycles. The van der Waals surface area contributed by atoms with Crippen LogP contribution in [0.5, 0.6) is 0 Å². The van der Waals surface area contributed by atoms with Gasteiger partial charge in [-0.15, -0.1) is 0 Å². The lowest BCUT2D eigenvalue weighted by molar-refractivity contribution is -0.149. The summed E-state index contributed by atoms with van der Waals surface area (Å²) in [5, 5.41) is 11.6. The minimum absolute atomic E-state index is 0.158. The van der Waals surface area contributed by atoms with E-state index < -0.39 is 17.4 Å². The minimum atomic E-state index is -1.06. The van der Waals surface area contributed by atoms with Crippen LogP contribution in [0.3, 0.4) is 0 Å². The molecule has 0 saturated heterocycles. The van der Waals surface area contributed by atoms with Crippen LogP contribution in [0, 0.1) is 0 Å². The molecule has 0 heterocycles. The van der Waals surface area contributed by atoms with Gasteiger partial charge in [0.2, 0.25) is 5.91 Å². The fraction of sp³-hybridized carbons (Fsp3) is 0.778. The highest BCUT2D eigenvalue weighted by Gasteiger charge is 2.40. The van der Waals surface area contributed by atoms with Gasteiger partial charge in [-0.25, -0.2) is 4.79 Å². The molecule has 5 nitrogen and oxygen atoms in total. The van der Waals surface area contributed by atoms with Crippen LogP contribution in [0.25, 0.3) is 0 Å². The molecule has 80 valence electrons. The van der Waals surface area contributed by atoms with Gasteiger partial charge in [-0.05, 0) is 12.8 Å². The van der Waals surface area contributed by atoms with E-state index in [0.29, 0.717) is 12.8 Å². The van der Waals surface area contributed by atoms with Crippen LogP contribution in [-0.2, 0) is 9.59 Å². The second-order valence-electron chi connectivity index (χ2n) is 3.70. The predicted octanol–water partition coefficient (Wildman–Crippen LogP) is -0.151. The van der Waals surface area contributed by atoms with Crippen molar-refractivity contribution in [3.05, 3.63) is 0 Å². The molecule has 0 spiro atoms. The van der Waals surface area contributed by atoms with Gasteiger partial charge in [0.15, 0.2) is 0 Å². The van der Waals surface area contributed by atoms with E-state index in [0.717, 1.165) is 19.3 Å². The quantitative estimate of drug-likeness (QED) is 0.590. The first kappa shape index (κ1) is 11.0. The normalized spacial score (nSPS) is 20.1. The van der Waals surface area contributed by atoms with Gasteiger partial charge in [0.1, 0.15) is 5.54 Å². The van der Waals surface area contributed by atoms with Gasteiger partial charge < -0.3 is 16.2 Å². The van der Waals surface area contributed by atoms with Gasteiger partial charge in [0.05, 0.1) is 6.54 Å². The molecule has 0 aromatic carbocycles. The molecule has 5 heteroatoms. The Morgan fingerprint density at radius 1 is 1.29 bits per heavy atom. The molecule has 1 fully saturated rings. The summed E-state index contributed by atoms with van der Waals surface area (Å²) in [6.07, 6.45) is 3.74. The van der Waals surface area contributed by atoms with E-state index in [2.05, 4.69) is 5.32 Å². The summed E-state index contributed by atoms with van der Waals surface area (Å²) >= 11 is 0. The van der Waals surface area contributed by atoms with Crippen molar-refractivity contribution in [3.63, 3.8) is 0 Å². The number of amides is 1. The maximum atomic E-state index is 11.1. The summed E-state index contributed by atoms with van der Waals surface area (Å²) in [5.74, 6) is -1.34. The van der Waals surface area contributed by atoms with Crippen molar-refractivity contribution in [2.45, 2.75) is 37.6 Å². The zero-order chi connectivity index (χ0) is 10.6. The zero-order valence-corrected chi connectivity index (χ0v) is 8.08. The van der Waals surface area contributed by atoms with Gasteiger partial charge >= 0.3 is 5.97 Å². The molecule has 14 heavy (non-hydrogen) atoms. The molecule has 0 radical (unpaired) electrons. The van der Waals surface area contributed by atoms with E-state index in [1.54, 1.807) is 0 Å². The fourth-order valence-electron chi connectivity index (χ4n) is 1.87. The lowest BCUT2D eigenvalue weighted by Crippen LogP contribution is -2.56. The van der Waals surface area contributed by atoms with Gasteiger partial charge in [-0.2, -0.15) is 0 Å². The standard InChI is InChI=1S/C9H16N2O3/c10-6-7(12)11-9(8(13)14)4-2-1-3-5-9/h1-6,10H2,(H,11,12)(H,13,14). The second kappa shape index (κ2) is 4.41. The highest BCUT2D eigenvalue weighted by atomic mass is 16.4. The van der Waals surface area contributed by atoms with Crippen molar-refractivity contribution in [1.29, 1.82) is 0 Å². The number of rotatable bonds is 3. The van der Waals surface area contributed by atoms with Crippen LogP contribution >= 0.6 is 0 Å². The van der Waals surface area contributed by atoms with Crippen molar-refractivity contribution in [3.8, 4) is 0 Å².